The first-order valence-corrected chi connectivity index (χ1v) is 14.2. The number of fused-ring (bicyclic) bond motifs is 3. The zero-order valence-electron chi connectivity index (χ0n) is 22.6. The second-order valence-corrected chi connectivity index (χ2v) is 12.9. The number of hydrogen-bond acceptors (Lipinski definition) is 3. The van der Waals surface area contributed by atoms with E-state index in [1.54, 1.807) is 0 Å². The average Bonchev–Trinajstić information content (AvgIpc) is 3.02. The van der Waals surface area contributed by atoms with Gasteiger partial charge in [-0.2, -0.15) is 4.91 Å². The van der Waals surface area contributed by atoms with Gasteiger partial charge in [0.1, 0.15) is 5.54 Å². The molecular formula is C29H54N2O. The van der Waals surface area contributed by atoms with Gasteiger partial charge in [-0.15, -0.1) is 0 Å². The van der Waals surface area contributed by atoms with Gasteiger partial charge in [-0.25, -0.2) is 0 Å². The number of hydrogen-bond donors (Lipinski definition) is 1. The van der Waals surface area contributed by atoms with Crippen LogP contribution in [0.25, 0.3) is 0 Å². The first kappa shape index (κ1) is 26.2. The highest BCUT2D eigenvalue weighted by atomic mass is 16.3. The lowest BCUT2D eigenvalue weighted by Gasteiger charge is -2.55. The summed E-state index contributed by atoms with van der Waals surface area (Å²) in [6.45, 7) is 18.6. The Kier molecular flexibility index (Phi) is 7.90. The minimum atomic E-state index is -0.703. The number of nitrogens with two attached hydrogens (primary N) is 1. The Morgan fingerprint density at radius 3 is 2.22 bits per heavy atom. The normalized spacial score (nSPS) is 45.0. The minimum absolute atomic E-state index is 0.0762. The Balaban J connectivity index is 2.26. The molecule has 3 aliphatic carbocycles. The number of unbranched alkanes of at least 4 members (excludes halogenated alkanes) is 1. The molecule has 0 spiro atoms. The van der Waals surface area contributed by atoms with Crippen molar-refractivity contribution in [3.8, 4) is 0 Å². The quantitative estimate of drug-likeness (QED) is 0.363. The van der Waals surface area contributed by atoms with Gasteiger partial charge in [-0.3, -0.25) is 0 Å². The van der Waals surface area contributed by atoms with Gasteiger partial charge in [0, 0.05) is 11.0 Å². The van der Waals surface area contributed by atoms with Gasteiger partial charge in [0.25, 0.3) is 0 Å². The summed E-state index contributed by atoms with van der Waals surface area (Å²) in [6, 6.07) is 0. The molecule has 0 aromatic heterocycles. The monoisotopic (exact) mass is 446 g/mol. The average molecular weight is 447 g/mol. The largest absolute Gasteiger partial charge is 0.323 e. The van der Waals surface area contributed by atoms with Crippen molar-refractivity contribution >= 4 is 0 Å². The molecule has 3 fully saturated rings. The highest BCUT2D eigenvalue weighted by Gasteiger charge is 2.79. The van der Waals surface area contributed by atoms with Crippen LogP contribution in [0.4, 0.5) is 0 Å². The van der Waals surface area contributed by atoms with Gasteiger partial charge in [0.2, 0.25) is 0 Å². The third-order valence-electron chi connectivity index (χ3n) is 11.5. The van der Waals surface area contributed by atoms with Gasteiger partial charge >= 0.3 is 0 Å². The highest BCUT2D eigenvalue weighted by molar-refractivity contribution is 5.31. The minimum Gasteiger partial charge on any atom is -0.323 e. The fraction of sp³-hybridized carbons (Fsp3) is 1.00. The summed E-state index contributed by atoms with van der Waals surface area (Å²) in [6.07, 6.45) is 12.8. The van der Waals surface area contributed by atoms with Gasteiger partial charge in [-0.05, 0) is 73.5 Å². The van der Waals surface area contributed by atoms with Gasteiger partial charge in [0.15, 0.2) is 0 Å². The van der Waals surface area contributed by atoms with E-state index in [2.05, 4.69) is 60.6 Å². The lowest BCUT2D eigenvalue weighted by Crippen LogP contribution is -2.66. The Hall–Kier alpha value is -0.440. The number of rotatable bonds is 9. The standard InChI is InChI=1S/C29H54N2O/c1-9-12-15-22(11-3)26-24-17-21(10-2)14-13-16-23(24)25-18-28(30,19(4)5)27(8,31-32)29(25,26)20(6)7/h19-26H,9-18,30H2,1-8H3. The molecule has 0 aromatic rings. The van der Waals surface area contributed by atoms with E-state index in [-0.39, 0.29) is 11.3 Å². The molecule has 0 aliphatic heterocycles. The van der Waals surface area contributed by atoms with Crippen LogP contribution in [-0.2, 0) is 0 Å². The molecule has 9 unspecified atom stereocenters. The SMILES string of the molecule is CCCCC(CC)C1C2CC(CC)CCCC2C2CC(N)(C(C)C)C(C)(N=O)C21C(C)C. The van der Waals surface area contributed by atoms with E-state index in [4.69, 9.17) is 5.73 Å². The second-order valence-electron chi connectivity index (χ2n) is 12.9. The van der Waals surface area contributed by atoms with Crippen LogP contribution in [0, 0.1) is 57.7 Å². The van der Waals surface area contributed by atoms with Crippen molar-refractivity contribution in [2.75, 3.05) is 0 Å². The van der Waals surface area contributed by atoms with E-state index >= 15 is 0 Å². The van der Waals surface area contributed by atoms with Crippen LogP contribution >= 0.6 is 0 Å². The highest BCUT2D eigenvalue weighted by Crippen LogP contribution is 2.76. The first-order chi connectivity index (χ1) is 15.1. The summed E-state index contributed by atoms with van der Waals surface area (Å²) < 4.78 is 0. The molecule has 2 N–H and O–H groups in total. The van der Waals surface area contributed by atoms with E-state index in [1.165, 1.54) is 57.8 Å². The molecule has 3 saturated carbocycles. The third-order valence-corrected chi connectivity index (χ3v) is 11.5. The van der Waals surface area contributed by atoms with E-state index < -0.39 is 11.1 Å². The summed E-state index contributed by atoms with van der Waals surface area (Å²) in [4.78, 5) is 13.0. The zero-order chi connectivity index (χ0) is 23.9. The van der Waals surface area contributed by atoms with Crippen LogP contribution in [0.5, 0.6) is 0 Å². The predicted molar refractivity (Wildman–Crippen MR) is 137 cm³/mol. The summed E-state index contributed by atoms with van der Waals surface area (Å²) in [5.74, 6) is 4.80. The summed E-state index contributed by atoms with van der Waals surface area (Å²) in [5, 5.41) is 4.12. The lowest BCUT2D eigenvalue weighted by molar-refractivity contribution is -0.0440. The third kappa shape index (κ3) is 3.45. The Labute approximate surface area is 199 Å². The van der Waals surface area contributed by atoms with Crippen LogP contribution < -0.4 is 5.73 Å². The summed E-state index contributed by atoms with van der Waals surface area (Å²) in [5.41, 5.74) is 6.04. The second kappa shape index (κ2) is 9.67. The number of nitroso groups, excluding NO2 is 1. The smallest absolute Gasteiger partial charge is 0.124 e. The van der Waals surface area contributed by atoms with E-state index in [0.29, 0.717) is 23.7 Å². The molecule has 3 aliphatic rings. The molecule has 0 heterocycles. The van der Waals surface area contributed by atoms with E-state index in [9.17, 15) is 4.91 Å². The molecule has 0 saturated heterocycles. The maximum atomic E-state index is 13.0. The molecule has 32 heavy (non-hydrogen) atoms. The summed E-state index contributed by atoms with van der Waals surface area (Å²) in [7, 11) is 0. The van der Waals surface area contributed by atoms with Crippen LogP contribution in [0.1, 0.15) is 120 Å². The Morgan fingerprint density at radius 2 is 1.72 bits per heavy atom. The molecular weight excluding hydrogens is 392 g/mol. The van der Waals surface area contributed by atoms with Crippen molar-refractivity contribution in [1.82, 2.24) is 0 Å². The lowest BCUT2D eigenvalue weighted by atomic mass is 9.51. The van der Waals surface area contributed by atoms with Crippen LogP contribution in [0.15, 0.2) is 5.18 Å². The molecule has 0 aromatic carbocycles. The molecule has 0 bridgehead atoms. The van der Waals surface area contributed by atoms with Crippen molar-refractivity contribution < 1.29 is 0 Å². The topological polar surface area (TPSA) is 55.4 Å². The molecule has 186 valence electrons. The van der Waals surface area contributed by atoms with Gasteiger partial charge in [0.05, 0.1) is 0 Å². The molecule has 3 rings (SSSR count). The summed E-state index contributed by atoms with van der Waals surface area (Å²) >= 11 is 0. The van der Waals surface area contributed by atoms with E-state index in [1.807, 2.05) is 0 Å². The fourth-order valence-electron chi connectivity index (χ4n) is 9.92. The van der Waals surface area contributed by atoms with E-state index in [0.717, 1.165) is 24.2 Å². The van der Waals surface area contributed by atoms with Crippen molar-refractivity contribution in [1.29, 1.82) is 0 Å². The molecule has 0 radical (unpaired) electrons. The van der Waals surface area contributed by atoms with Crippen LogP contribution in [0.2, 0.25) is 0 Å². The molecule has 3 nitrogen and oxygen atoms in total. The van der Waals surface area contributed by atoms with Gasteiger partial charge in [-0.1, -0.05) is 98.6 Å². The van der Waals surface area contributed by atoms with Crippen molar-refractivity contribution in [2.24, 2.45) is 63.7 Å². The maximum Gasteiger partial charge on any atom is 0.124 e. The number of nitrogens with zero attached hydrogens (tertiary/aromatic N) is 1. The zero-order valence-corrected chi connectivity index (χ0v) is 22.6. The first-order valence-electron chi connectivity index (χ1n) is 14.2. The molecule has 9 atom stereocenters. The van der Waals surface area contributed by atoms with Crippen molar-refractivity contribution in [3.05, 3.63) is 4.91 Å². The Morgan fingerprint density at radius 1 is 1.03 bits per heavy atom. The Bertz CT molecular complexity index is 647. The van der Waals surface area contributed by atoms with Crippen molar-refractivity contribution in [3.63, 3.8) is 0 Å². The predicted octanol–water partition coefficient (Wildman–Crippen LogP) is 8.21. The van der Waals surface area contributed by atoms with Crippen LogP contribution in [0.3, 0.4) is 0 Å². The maximum absolute atomic E-state index is 13.0. The molecule has 3 heteroatoms. The van der Waals surface area contributed by atoms with Gasteiger partial charge < -0.3 is 5.73 Å². The van der Waals surface area contributed by atoms with Crippen LogP contribution in [-0.4, -0.2) is 11.1 Å². The van der Waals surface area contributed by atoms with Crippen molar-refractivity contribution in [2.45, 2.75) is 131 Å². The fourth-order valence-corrected chi connectivity index (χ4v) is 9.92. The molecule has 0 amide bonds.